The summed E-state index contributed by atoms with van der Waals surface area (Å²) in [5, 5.41) is 65.8. The fourth-order valence-corrected chi connectivity index (χ4v) is 6.95. The van der Waals surface area contributed by atoms with Crippen LogP contribution in [0.2, 0.25) is 0 Å². The van der Waals surface area contributed by atoms with Crippen molar-refractivity contribution in [2.45, 2.75) is 172 Å². The molecular formula is C45H77N13O18. The summed E-state index contributed by atoms with van der Waals surface area (Å²) in [6, 6.07) is -14.2. The SMILES string of the molecule is CC(C)C[C@H](N)C(=O)N[C@@H](CCCCN)C(=O)N[C@@H](CCC(=O)O)C(=O)N[C@@H](C)C(=O)N[C@@H](CCC(=O)O)C(=O)N[C@@H](CC(=O)O)C(=O)N[C@H](C(=O)N[C@@H](CCC(=O)O)C(=O)N[C@@H](CCCN=C(N)N)C(=O)O)C(C)C. The molecule has 0 aromatic rings. The van der Waals surface area contributed by atoms with E-state index in [9.17, 15) is 87.9 Å². The van der Waals surface area contributed by atoms with Gasteiger partial charge >= 0.3 is 29.8 Å². The lowest BCUT2D eigenvalue weighted by molar-refractivity contribution is -0.143. The molecule has 0 aromatic heterocycles. The van der Waals surface area contributed by atoms with E-state index in [0.717, 1.165) is 6.92 Å². The van der Waals surface area contributed by atoms with Crippen LogP contribution in [0.3, 0.4) is 0 Å². The lowest BCUT2D eigenvalue weighted by Crippen LogP contribution is -2.61. The fraction of sp³-hybridized carbons (Fsp3) is 0.689. The molecule has 0 spiro atoms. The van der Waals surface area contributed by atoms with Gasteiger partial charge in [-0.05, 0) is 83.1 Å². The highest BCUT2D eigenvalue weighted by Gasteiger charge is 2.36. The summed E-state index contributed by atoms with van der Waals surface area (Å²) >= 11 is 0. The summed E-state index contributed by atoms with van der Waals surface area (Å²) in [7, 11) is 0. The third-order valence-electron chi connectivity index (χ3n) is 11.1. The van der Waals surface area contributed by atoms with E-state index in [-0.39, 0.29) is 50.7 Å². The van der Waals surface area contributed by atoms with E-state index < -0.39 is 182 Å². The van der Waals surface area contributed by atoms with E-state index in [1.54, 1.807) is 0 Å². The standard InChI is InChI=1S/C45H77N13O18/c1-21(2)19-24(47)37(68)53-25(9-6-7-17-46)39(70)54-26(11-14-31(59)60)38(69)51-23(5)36(67)52-27(12-15-32(61)62)41(72)57-30(20-34(65)66)42(73)58-35(22(3)4)43(74)55-28(13-16-33(63)64)40(71)56-29(44(75)76)10-8-18-50-45(48)49/h21-30,35H,6-20,46-47H2,1-5H3,(H,51,69)(H,52,67)(H,53,68)(H,54,70)(H,55,74)(H,56,71)(H,57,72)(H,58,73)(H,59,60)(H,61,62)(H,63,64)(H,65,66)(H,75,76)(H4,48,49,50)/t23-,24-,25-,26-,27-,28-,29-,30-,35-/m0/s1. The Balaban J connectivity index is 6.51. The Labute approximate surface area is 438 Å². The molecule has 21 N–H and O–H groups in total. The minimum atomic E-state index is -2.05. The molecule has 76 heavy (non-hydrogen) atoms. The van der Waals surface area contributed by atoms with Crippen molar-refractivity contribution in [1.82, 2.24) is 42.5 Å². The number of aliphatic imine (C=N–C) groups is 1. The summed E-state index contributed by atoms with van der Waals surface area (Å²) in [6.45, 7) is 7.84. The Morgan fingerprint density at radius 2 is 0.842 bits per heavy atom. The molecule has 0 unspecified atom stereocenters. The van der Waals surface area contributed by atoms with E-state index in [1.165, 1.54) is 13.8 Å². The van der Waals surface area contributed by atoms with Gasteiger partial charge in [-0.25, -0.2) is 4.79 Å². The maximum Gasteiger partial charge on any atom is 0.326 e. The second-order valence-corrected chi connectivity index (χ2v) is 18.5. The van der Waals surface area contributed by atoms with Crippen molar-refractivity contribution in [2.24, 2.45) is 39.8 Å². The minimum absolute atomic E-state index is 0.00212. The molecule has 0 aliphatic rings. The van der Waals surface area contributed by atoms with Gasteiger partial charge in [0, 0.05) is 25.8 Å². The number of nitrogens with one attached hydrogen (secondary N) is 8. The molecule has 0 rings (SSSR count). The predicted octanol–water partition coefficient (Wildman–Crippen LogP) is -4.75. The van der Waals surface area contributed by atoms with Crippen LogP contribution in [0.25, 0.3) is 0 Å². The number of amides is 8. The first-order valence-electron chi connectivity index (χ1n) is 24.4. The number of guanidine groups is 1. The number of unbranched alkanes of at least 4 members (excludes halogenated alkanes) is 1. The van der Waals surface area contributed by atoms with Crippen LogP contribution < -0.4 is 65.5 Å². The van der Waals surface area contributed by atoms with E-state index in [4.69, 9.17) is 22.9 Å². The van der Waals surface area contributed by atoms with Crippen molar-refractivity contribution in [3.63, 3.8) is 0 Å². The first kappa shape index (κ1) is 68.3. The zero-order valence-corrected chi connectivity index (χ0v) is 43.3. The van der Waals surface area contributed by atoms with E-state index in [0.29, 0.717) is 12.8 Å². The largest absolute Gasteiger partial charge is 0.481 e. The second kappa shape index (κ2) is 35.5. The number of carboxylic acids is 5. The lowest BCUT2D eigenvalue weighted by Gasteiger charge is -2.28. The average Bonchev–Trinajstić information content (AvgIpc) is 3.30. The topological polar surface area (TPSA) is 536 Å². The van der Waals surface area contributed by atoms with Crippen LogP contribution in [-0.2, 0) is 62.3 Å². The summed E-state index contributed by atoms with van der Waals surface area (Å²) in [5.41, 5.74) is 22.1. The zero-order valence-electron chi connectivity index (χ0n) is 43.3. The van der Waals surface area contributed by atoms with Crippen molar-refractivity contribution < 1.29 is 87.9 Å². The highest BCUT2D eigenvalue weighted by Crippen LogP contribution is 2.11. The molecule has 31 nitrogen and oxygen atoms in total. The summed E-state index contributed by atoms with van der Waals surface area (Å²) in [6.07, 6.45) is -4.03. The number of carboxylic acid groups (broad SMARTS) is 5. The summed E-state index contributed by atoms with van der Waals surface area (Å²) in [5.74, 6) is -17.2. The molecule has 0 saturated heterocycles. The summed E-state index contributed by atoms with van der Waals surface area (Å²) in [4.78, 5) is 170. The maximum atomic E-state index is 13.7. The van der Waals surface area contributed by atoms with E-state index >= 15 is 0 Å². The molecule has 0 radical (unpaired) electrons. The lowest BCUT2D eigenvalue weighted by atomic mass is 10.0. The van der Waals surface area contributed by atoms with E-state index in [2.05, 4.69) is 47.5 Å². The number of hydrogen-bond donors (Lipinski definition) is 17. The molecule has 0 heterocycles. The Morgan fingerprint density at radius 1 is 0.447 bits per heavy atom. The number of carbonyl (C=O) groups is 13. The third-order valence-corrected chi connectivity index (χ3v) is 11.1. The number of nitrogens with zero attached hydrogens (tertiary/aromatic N) is 1. The number of carbonyl (C=O) groups excluding carboxylic acids is 8. The molecule has 9 atom stereocenters. The molecule has 31 heteroatoms. The van der Waals surface area contributed by atoms with Crippen molar-refractivity contribution >= 4 is 83.1 Å². The van der Waals surface area contributed by atoms with Crippen LogP contribution in [0.1, 0.15) is 118 Å². The van der Waals surface area contributed by atoms with Crippen LogP contribution in [0, 0.1) is 11.8 Å². The summed E-state index contributed by atoms with van der Waals surface area (Å²) < 4.78 is 0. The first-order chi connectivity index (χ1) is 35.4. The van der Waals surface area contributed by atoms with Crippen molar-refractivity contribution in [3.8, 4) is 0 Å². The normalized spacial score (nSPS) is 14.5. The molecule has 0 aromatic carbocycles. The number of nitrogens with two attached hydrogens (primary N) is 4. The quantitative estimate of drug-likeness (QED) is 0.0156. The van der Waals surface area contributed by atoms with Gasteiger partial charge in [0.05, 0.1) is 12.5 Å². The highest BCUT2D eigenvalue weighted by atomic mass is 16.4. The van der Waals surface area contributed by atoms with Gasteiger partial charge in [0.15, 0.2) is 5.96 Å². The van der Waals surface area contributed by atoms with Crippen LogP contribution in [0.15, 0.2) is 4.99 Å². The zero-order chi connectivity index (χ0) is 58.4. The molecule has 0 fully saturated rings. The van der Waals surface area contributed by atoms with E-state index in [1.807, 2.05) is 13.8 Å². The number of rotatable bonds is 39. The van der Waals surface area contributed by atoms with Crippen LogP contribution in [0.5, 0.6) is 0 Å². The van der Waals surface area contributed by atoms with Gasteiger partial charge < -0.3 is 91.0 Å². The first-order valence-corrected chi connectivity index (χ1v) is 24.4. The molecule has 430 valence electrons. The van der Waals surface area contributed by atoms with Gasteiger partial charge in [-0.1, -0.05) is 27.7 Å². The fourth-order valence-electron chi connectivity index (χ4n) is 6.95. The monoisotopic (exact) mass is 1090 g/mol. The van der Waals surface area contributed by atoms with Gasteiger partial charge in [-0.3, -0.25) is 62.5 Å². The smallest absolute Gasteiger partial charge is 0.326 e. The Morgan fingerprint density at radius 3 is 1.26 bits per heavy atom. The van der Waals surface area contributed by atoms with Gasteiger partial charge in [0.25, 0.3) is 0 Å². The van der Waals surface area contributed by atoms with Crippen molar-refractivity contribution in [2.75, 3.05) is 13.1 Å². The number of hydrogen-bond acceptors (Lipinski definition) is 16. The molecule has 0 aliphatic heterocycles. The number of aliphatic carboxylic acids is 5. The van der Waals surface area contributed by atoms with Gasteiger partial charge in [0.2, 0.25) is 47.3 Å². The average molecular weight is 1090 g/mol. The predicted molar refractivity (Wildman–Crippen MR) is 267 cm³/mol. The second-order valence-electron chi connectivity index (χ2n) is 18.5. The minimum Gasteiger partial charge on any atom is -0.481 e. The molecule has 0 saturated carbocycles. The third kappa shape index (κ3) is 28.7. The van der Waals surface area contributed by atoms with Crippen LogP contribution >= 0.6 is 0 Å². The molecule has 0 bridgehead atoms. The van der Waals surface area contributed by atoms with Gasteiger partial charge in [-0.2, -0.15) is 0 Å². The molecular weight excluding hydrogens is 1010 g/mol. The van der Waals surface area contributed by atoms with Gasteiger partial charge in [0.1, 0.15) is 48.3 Å². The maximum absolute atomic E-state index is 13.7. The van der Waals surface area contributed by atoms with Gasteiger partial charge in [-0.15, -0.1) is 0 Å². The van der Waals surface area contributed by atoms with Crippen molar-refractivity contribution in [1.29, 1.82) is 0 Å². The molecule has 0 aliphatic carbocycles. The Kier molecular flexibility index (Phi) is 31.9. The van der Waals surface area contributed by atoms with Crippen molar-refractivity contribution in [3.05, 3.63) is 0 Å². The van der Waals surface area contributed by atoms with Crippen LogP contribution in [0.4, 0.5) is 0 Å². The molecule has 8 amide bonds. The van der Waals surface area contributed by atoms with Crippen LogP contribution in [-0.4, -0.2) is 176 Å². The Hall–Kier alpha value is -7.70. The Bertz CT molecular complexity index is 2070. The highest BCUT2D eigenvalue weighted by molar-refractivity contribution is 5.99.